The largest absolute Gasteiger partial charge is 0.508 e. The van der Waals surface area contributed by atoms with Crippen LogP contribution in [-0.4, -0.2) is 11.0 Å². The Morgan fingerprint density at radius 3 is 2.53 bits per heavy atom. The molecule has 0 aliphatic heterocycles. The number of hydrogen-bond donors (Lipinski definition) is 2. The second-order valence-corrected chi connectivity index (χ2v) is 3.74. The number of amides is 1. The lowest BCUT2D eigenvalue weighted by molar-refractivity contribution is 0.0948. The second-order valence-electron chi connectivity index (χ2n) is 3.74. The molecule has 1 heterocycles. The lowest BCUT2D eigenvalue weighted by Crippen LogP contribution is -2.22. The van der Waals surface area contributed by atoms with Crippen molar-refractivity contribution in [2.45, 2.75) is 13.5 Å². The normalized spacial score (nSPS) is 10.2. The molecule has 4 heteroatoms. The van der Waals surface area contributed by atoms with Crippen LogP contribution < -0.4 is 5.32 Å². The van der Waals surface area contributed by atoms with Gasteiger partial charge in [0.25, 0.3) is 5.91 Å². The van der Waals surface area contributed by atoms with E-state index in [9.17, 15) is 4.79 Å². The van der Waals surface area contributed by atoms with Crippen molar-refractivity contribution in [3.63, 3.8) is 0 Å². The molecule has 2 aromatic rings. The van der Waals surface area contributed by atoms with Crippen LogP contribution in [0.15, 0.2) is 40.8 Å². The number of carbonyl (C=O) groups is 1. The Bertz CT molecular complexity index is 514. The number of phenolic OH excluding ortho intramolecular Hbond substituents is 1. The molecule has 0 saturated carbocycles. The van der Waals surface area contributed by atoms with Gasteiger partial charge in [-0.25, -0.2) is 0 Å². The minimum absolute atomic E-state index is 0.142. The SMILES string of the molecule is Cc1ccc(CNC(=O)c2ccc(O)cc2)o1. The van der Waals surface area contributed by atoms with E-state index >= 15 is 0 Å². The van der Waals surface area contributed by atoms with E-state index in [2.05, 4.69) is 5.32 Å². The van der Waals surface area contributed by atoms with Crippen LogP contribution in [0.1, 0.15) is 21.9 Å². The van der Waals surface area contributed by atoms with Crippen LogP contribution in [0.25, 0.3) is 0 Å². The Kier molecular flexibility index (Phi) is 3.14. The first kappa shape index (κ1) is 11.3. The van der Waals surface area contributed by atoms with E-state index in [1.54, 1.807) is 12.1 Å². The maximum atomic E-state index is 11.7. The summed E-state index contributed by atoms with van der Waals surface area (Å²) in [7, 11) is 0. The predicted molar refractivity (Wildman–Crippen MR) is 62.7 cm³/mol. The van der Waals surface area contributed by atoms with E-state index in [1.165, 1.54) is 12.1 Å². The number of furan rings is 1. The molecule has 0 bridgehead atoms. The van der Waals surface area contributed by atoms with Gasteiger partial charge < -0.3 is 14.8 Å². The van der Waals surface area contributed by atoms with Crippen molar-refractivity contribution < 1.29 is 14.3 Å². The lowest BCUT2D eigenvalue weighted by atomic mass is 10.2. The molecule has 1 amide bonds. The number of phenols is 1. The topological polar surface area (TPSA) is 62.5 Å². The molecule has 88 valence electrons. The molecule has 0 spiro atoms. The molecule has 0 saturated heterocycles. The quantitative estimate of drug-likeness (QED) is 0.851. The third-order valence-corrected chi connectivity index (χ3v) is 2.35. The highest BCUT2D eigenvalue weighted by molar-refractivity contribution is 5.94. The van der Waals surface area contributed by atoms with Crippen LogP contribution in [0.4, 0.5) is 0 Å². The van der Waals surface area contributed by atoms with Crippen molar-refractivity contribution in [2.24, 2.45) is 0 Å². The smallest absolute Gasteiger partial charge is 0.251 e. The number of carbonyl (C=O) groups excluding carboxylic acids is 1. The van der Waals surface area contributed by atoms with Gasteiger partial charge in [-0.1, -0.05) is 0 Å². The van der Waals surface area contributed by atoms with Gasteiger partial charge >= 0.3 is 0 Å². The monoisotopic (exact) mass is 231 g/mol. The fraction of sp³-hybridized carbons (Fsp3) is 0.154. The van der Waals surface area contributed by atoms with Crippen molar-refractivity contribution >= 4 is 5.91 Å². The van der Waals surface area contributed by atoms with Gasteiger partial charge in [-0.2, -0.15) is 0 Å². The maximum absolute atomic E-state index is 11.7. The minimum Gasteiger partial charge on any atom is -0.508 e. The van der Waals surface area contributed by atoms with Gasteiger partial charge in [-0.15, -0.1) is 0 Å². The Morgan fingerprint density at radius 1 is 1.24 bits per heavy atom. The zero-order valence-corrected chi connectivity index (χ0v) is 9.43. The van der Waals surface area contributed by atoms with Crippen molar-refractivity contribution in [1.29, 1.82) is 0 Å². The molecule has 0 radical (unpaired) electrons. The maximum Gasteiger partial charge on any atom is 0.251 e. The fourth-order valence-corrected chi connectivity index (χ4v) is 1.46. The van der Waals surface area contributed by atoms with Crippen LogP contribution in [-0.2, 0) is 6.54 Å². The summed E-state index contributed by atoms with van der Waals surface area (Å²) in [5.41, 5.74) is 0.506. The first-order valence-electron chi connectivity index (χ1n) is 5.28. The van der Waals surface area contributed by atoms with Crippen LogP contribution >= 0.6 is 0 Å². The van der Waals surface area contributed by atoms with E-state index in [-0.39, 0.29) is 11.7 Å². The zero-order chi connectivity index (χ0) is 12.3. The van der Waals surface area contributed by atoms with E-state index < -0.39 is 0 Å². The summed E-state index contributed by atoms with van der Waals surface area (Å²) < 4.78 is 5.33. The predicted octanol–water partition coefficient (Wildman–Crippen LogP) is 2.22. The Morgan fingerprint density at radius 2 is 1.94 bits per heavy atom. The molecular formula is C13H13NO3. The average Bonchev–Trinajstić information content (AvgIpc) is 2.73. The van der Waals surface area contributed by atoms with Gasteiger partial charge in [-0.3, -0.25) is 4.79 Å². The van der Waals surface area contributed by atoms with E-state index in [1.807, 2.05) is 19.1 Å². The molecule has 0 aliphatic rings. The summed E-state index contributed by atoms with van der Waals surface area (Å²) in [5, 5.41) is 11.8. The molecular weight excluding hydrogens is 218 g/mol. The average molecular weight is 231 g/mol. The summed E-state index contributed by atoms with van der Waals surface area (Å²) in [6, 6.07) is 9.77. The van der Waals surface area contributed by atoms with Gasteiger partial charge in [-0.05, 0) is 43.3 Å². The van der Waals surface area contributed by atoms with E-state index in [0.29, 0.717) is 12.1 Å². The van der Waals surface area contributed by atoms with Gasteiger partial charge in [0.15, 0.2) is 0 Å². The molecule has 0 atom stereocenters. The standard InChI is InChI=1S/C13H13NO3/c1-9-2-7-12(17-9)8-14-13(16)10-3-5-11(15)6-4-10/h2-7,15H,8H2,1H3,(H,14,16). The van der Waals surface area contributed by atoms with Gasteiger partial charge in [0.1, 0.15) is 17.3 Å². The highest BCUT2D eigenvalue weighted by Crippen LogP contribution is 2.10. The third-order valence-electron chi connectivity index (χ3n) is 2.35. The summed E-state index contributed by atoms with van der Waals surface area (Å²) in [6.07, 6.45) is 0. The van der Waals surface area contributed by atoms with Crippen molar-refractivity contribution in [3.05, 3.63) is 53.5 Å². The van der Waals surface area contributed by atoms with E-state index in [0.717, 1.165) is 11.5 Å². The molecule has 17 heavy (non-hydrogen) atoms. The molecule has 1 aromatic carbocycles. The summed E-state index contributed by atoms with van der Waals surface area (Å²) in [5.74, 6) is 1.48. The number of benzene rings is 1. The zero-order valence-electron chi connectivity index (χ0n) is 9.43. The molecule has 2 N–H and O–H groups in total. The Balaban J connectivity index is 1.95. The van der Waals surface area contributed by atoms with E-state index in [4.69, 9.17) is 9.52 Å². The van der Waals surface area contributed by atoms with Crippen LogP contribution in [0.3, 0.4) is 0 Å². The van der Waals surface area contributed by atoms with Crippen molar-refractivity contribution in [3.8, 4) is 5.75 Å². The van der Waals surface area contributed by atoms with Crippen LogP contribution in [0.5, 0.6) is 5.75 Å². The number of aryl methyl sites for hydroxylation is 1. The summed E-state index contributed by atoms with van der Waals surface area (Å²) in [4.78, 5) is 11.7. The molecule has 0 aliphatic carbocycles. The molecule has 0 unspecified atom stereocenters. The fourth-order valence-electron chi connectivity index (χ4n) is 1.46. The number of nitrogens with one attached hydrogen (secondary N) is 1. The Labute approximate surface area is 98.9 Å². The minimum atomic E-state index is -0.195. The highest BCUT2D eigenvalue weighted by atomic mass is 16.3. The van der Waals surface area contributed by atoms with Crippen molar-refractivity contribution in [2.75, 3.05) is 0 Å². The second kappa shape index (κ2) is 4.74. The van der Waals surface area contributed by atoms with Gasteiger partial charge in [0.05, 0.1) is 6.54 Å². The number of aromatic hydroxyl groups is 1. The van der Waals surface area contributed by atoms with Crippen LogP contribution in [0.2, 0.25) is 0 Å². The number of hydrogen-bond acceptors (Lipinski definition) is 3. The summed E-state index contributed by atoms with van der Waals surface area (Å²) in [6.45, 7) is 2.21. The third kappa shape index (κ3) is 2.87. The molecule has 4 nitrogen and oxygen atoms in total. The van der Waals surface area contributed by atoms with Gasteiger partial charge in [0.2, 0.25) is 0 Å². The van der Waals surface area contributed by atoms with Crippen LogP contribution in [0, 0.1) is 6.92 Å². The number of rotatable bonds is 3. The molecule has 0 fully saturated rings. The van der Waals surface area contributed by atoms with Crippen molar-refractivity contribution in [1.82, 2.24) is 5.32 Å². The highest BCUT2D eigenvalue weighted by Gasteiger charge is 2.06. The lowest BCUT2D eigenvalue weighted by Gasteiger charge is -2.03. The summed E-state index contributed by atoms with van der Waals surface area (Å²) >= 11 is 0. The first-order chi connectivity index (χ1) is 8.15. The Hall–Kier alpha value is -2.23. The first-order valence-corrected chi connectivity index (χ1v) is 5.28. The van der Waals surface area contributed by atoms with Gasteiger partial charge in [0, 0.05) is 5.56 Å². The molecule has 2 rings (SSSR count). The molecule has 1 aromatic heterocycles.